The van der Waals surface area contributed by atoms with Gasteiger partial charge in [-0.1, -0.05) is 11.8 Å². The van der Waals surface area contributed by atoms with E-state index in [9.17, 15) is 0 Å². The van der Waals surface area contributed by atoms with Gasteiger partial charge >= 0.3 is 0 Å². The molecule has 0 saturated heterocycles. The Labute approximate surface area is 165 Å². The molecule has 0 aromatic heterocycles. The van der Waals surface area contributed by atoms with Gasteiger partial charge in [-0.15, -0.1) is 0 Å². The molecule has 0 saturated carbocycles. The summed E-state index contributed by atoms with van der Waals surface area (Å²) < 4.78 is 31.9. The van der Waals surface area contributed by atoms with E-state index in [1.165, 1.54) is 0 Å². The van der Waals surface area contributed by atoms with Gasteiger partial charge in [0.25, 0.3) is 0 Å². The molecule has 0 aliphatic carbocycles. The van der Waals surface area contributed by atoms with E-state index < -0.39 is 0 Å². The zero-order valence-electron chi connectivity index (χ0n) is 16.8. The number of methoxy groups -OCH3 is 6. The summed E-state index contributed by atoms with van der Waals surface area (Å²) in [6.45, 7) is 0. The van der Waals surface area contributed by atoms with Crippen molar-refractivity contribution in [2.75, 3.05) is 42.7 Å². The van der Waals surface area contributed by atoms with Crippen molar-refractivity contribution in [3.8, 4) is 58.2 Å². The lowest BCUT2D eigenvalue weighted by molar-refractivity contribution is 0.324. The van der Waals surface area contributed by atoms with Gasteiger partial charge in [-0.05, 0) is 36.1 Å². The van der Waals surface area contributed by atoms with Gasteiger partial charge in [0.05, 0.1) is 42.7 Å². The highest BCUT2D eigenvalue weighted by atomic mass is 16.5. The minimum Gasteiger partial charge on any atom is -0.493 e. The second-order valence-electron chi connectivity index (χ2n) is 5.33. The zero-order chi connectivity index (χ0) is 20.5. The summed E-state index contributed by atoms with van der Waals surface area (Å²) in [6, 6.07) is 7.04. The largest absolute Gasteiger partial charge is 0.493 e. The third-order valence-electron chi connectivity index (χ3n) is 3.81. The van der Waals surface area contributed by atoms with Crippen molar-refractivity contribution in [2.45, 2.75) is 0 Å². The predicted molar refractivity (Wildman–Crippen MR) is 106 cm³/mol. The molecule has 0 aliphatic heterocycles. The first kappa shape index (κ1) is 20.7. The third kappa shape index (κ3) is 4.55. The van der Waals surface area contributed by atoms with E-state index in [0.717, 1.165) is 0 Å². The topological polar surface area (TPSA) is 55.4 Å². The lowest BCUT2D eigenvalue weighted by Gasteiger charge is -2.12. The lowest BCUT2D eigenvalue weighted by Crippen LogP contribution is -1.95. The Bertz CT molecular complexity index is 827. The van der Waals surface area contributed by atoms with Crippen LogP contribution in [-0.2, 0) is 0 Å². The molecule has 2 aromatic rings. The first-order valence-electron chi connectivity index (χ1n) is 8.23. The Morgan fingerprint density at radius 1 is 0.464 bits per heavy atom. The van der Waals surface area contributed by atoms with E-state index in [2.05, 4.69) is 23.7 Å². The number of ether oxygens (including phenoxy) is 6. The van der Waals surface area contributed by atoms with E-state index in [-0.39, 0.29) is 0 Å². The van der Waals surface area contributed by atoms with Crippen molar-refractivity contribution in [3.63, 3.8) is 0 Å². The summed E-state index contributed by atoms with van der Waals surface area (Å²) in [7, 11) is 9.32. The van der Waals surface area contributed by atoms with Crippen molar-refractivity contribution in [3.05, 3.63) is 35.4 Å². The van der Waals surface area contributed by atoms with Crippen LogP contribution in [-0.4, -0.2) is 42.7 Å². The maximum Gasteiger partial charge on any atom is 0.203 e. The molecule has 6 heteroatoms. The molecule has 2 aromatic carbocycles. The molecular formula is C22H22O6. The summed E-state index contributed by atoms with van der Waals surface area (Å²) in [5, 5.41) is 0. The molecule has 0 atom stereocenters. The van der Waals surface area contributed by atoms with Crippen LogP contribution in [0.2, 0.25) is 0 Å². The molecule has 0 amide bonds. The second-order valence-corrected chi connectivity index (χ2v) is 5.33. The van der Waals surface area contributed by atoms with Gasteiger partial charge in [0.2, 0.25) is 11.5 Å². The highest BCUT2D eigenvalue weighted by molar-refractivity contribution is 5.60. The average Bonchev–Trinajstić information content (AvgIpc) is 2.74. The van der Waals surface area contributed by atoms with Gasteiger partial charge in [0.1, 0.15) is 0 Å². The Morgan fingerprint density at radius 3 is 0.964 bits per heavy atom. The molecule has 0 radical (unpaired) electrons. The average molecular weight is 382 g/mol. The van der Waals surface area contributed by atoms with Crippen molar-refractivity contribution in [2.24, 2.45) is 0 Å². The van der Waals surface area contributed by atoms with E-state index >= 15 is 0 Å². The smallest absolute Gasteiger partial charge is 0.203 e. The lowest BCUT2D eigenvalue weighted by atomic mass is 10.1. The van der Waals surface area contributed by atoms with Gasteiger partial charge in [-0.2, -0.15) is 0 Å². The molecule has 6 nitrogen and oxygen atoms in total. The normalized spacial score (nSPS) is 9.21. The fourth-order valence-corrected chi connectivity index (χ4v) is 2.51. The van der Waals surface area contributed by atoms with Crippen molar-refractivity contribution in [1.82, 2.24) is 0 Å². The predicted octanol–water partition coefficient (Wildman–Crippen LogP) is 3.14. The zero-order valence-corrected chi connectivity index (χ0v) is 16.8. The second kappa shape index (κ2) is 9.89. The van der Waals surface area contributed by atoms with Gasteiger partial charge in [0, 0.05) is 11.1 Å². The first-order valence-corrected chi connectivity index (χ1v) is 8.23. The van der Waals surface area contributed by atoms with Crippen LogP contribution in [0.5, 0.6) is 34.5 Å². The summed E-state index contributed by atoms with van der Waals surface area (Å²) in [4.78, 5) is 0. The van der Waals surface area contributed by atoms with Gasteiger partial charge in [0.15, 0.2) is 23.0 Å². The monoisotopic (exact) mass is 382 g/mol. The molecular weight excluding hydrogens is 360 g/mol. The fourth-order valence-electron chi connectivity index (χ4n) is 2.51. The summed E-state index contributed by atoms with van der Waals surface area (Å²) >= 11 is 0. The highest BCUT2D eigenvalue weighted by Crippen LogP contribution is 2.38. The maximum absolute atomic E-state index is 5.32. The molecule has 0 heterocycles. The van der Waals surface area contributed by atoms with E-state index in [4.69, 9.17) is 28.4 Å². The minimum absolute atomic E-state index is 0.513. The minimum atomic E-state index is 0.513. The van der Waals surface area contributed by atoms with Crippen LogP contribution in [0.15, 0.2) is 24.3 Å². The Hall–Kier alpha value is -3.64. The van der Waals surface area contributed by atoms with Crippen LogP contribution >= 0.6 is 0 Å². The van der Waals surface area contributed by atoms with Crippen molar-refractivity contribution < 1.29 is 28.4 Å². The molecule has 0 spiro atoms. The van der Waals surface area contributed by atoms with Crippen molar-refractivity contribution in [1.29, 1.82) is 0 Å². The summed E-state index contributed by atoms with van der Waals surface area (Å²) in [6.07, 6.45) is 0. The summed E-state index contributed by atoms with van der Waals surface area (Å²) in [5.41, 5.74) is 1.38. The highest BCUT2D eigenvalue weighted by Gasteiger charge is 2.13. The molecule has 0 aliphatic rings. The molecule has 146 valence electrons. The van der Waals surface area contributed by atoms with Crippen molar-refractivity contribution >= 4 is 0 Å². The standard InChI is InChI=1S/C22H22O6/c1-23-17-11-15(12-18(24-2)21(17)27-5)9-7-8-10-16-13-19(25-3)22(28-6)20(14-16)26-4/h11-14H,1-6H3. The molecule has 2 rings (SSSR count). The Balaban J connectivity index is 2.35. The Morgan fingerprint density at radius 2 is 0.750 bits per heavy atom. The van der Waals surface area contributed by atoms with Crippen LogP contribution in [0.1, 0.15) is 11.1 Å². The molecule has 0 unspecified atom stereocenters. The number of hydrogen-bond acceptors (Lipinski definition) is 6. The molecule has 0 fully saturated rings. The number of hydrogen-bond donors (Lipinski definition) is 0. The van der Waals surface area contributed by atoms with Crippen LogP contribution in [0.3, 0.4) is 0 Å². The van der Waals surface area contributed by atoms with E-state index in [1.807, 2.05) is 0 Å². The van der Waals surface area contributed by atoms with Crippen LogP contribution < -0.4 is 28.4 Å². The molecule has 28 heavy (non-hydrogen) atoms. The van der Waals surface area contributed by atoms with Gasteiger partial charge < -0.3 is 28.4 Å². The van der Waals surface area contributed by atoms with Crippen LogP contribution in [0, 0.1) is 23.7 Å². The van der Waals surface area contributed by atoms with Gasteiger partial charge in [-0.3, -0.25) is 0 Å². The van der Waals surface area contributed by atoms with Crippen LogP contribution in [0.4, 0.5) is 0 Å². The van der Waals surface area contributed by atoms with Crippen LogP contribution in [0.25, 0.3) is 0 Å². The number of benzene rings is 2. The molecule has 0 bridgehead atoms. The van der Waals surface area contributed by atoms with E-state index in [0.29, 0.717) is 45.6 Å². The number of rotatable bonds is 6. The fraction of sp³-hybridized carbons (Fsp3) is 0.273. The Kier molecular flexibility index (Phi) is 7.30. The van der Waals surface area contributed by atoms with E-state index in [1.54, 1.807) is 66.9 Å². The third-order valence-corrected chi connectivity index (χ3v) is 3.81. The quantitative estimate of drug-likeness (QED) is 0.716. The summed E-state index contributed by atoms with van der Waals surface area (Å²) in [5.74, 6) is 14.7. The molecule has 0 N–H and O–H groups in total. The SMILES string of the molecule is COc1cc(C#CC#Cc2cc(OC)c(OC)c(OC)c2)cc(OC)c1OC. The maximum atomic E-state index is 5.32. The first-order chi connectivity index (χ1) is 13.6. The van der Waals surface area contributed by atoms with Gasteiger partial charge in [-0.25, -0.2) is 0 Å².